The predicted molar refractivity (Wildman–Crippen MR) is 112 cm³/mol. The Morgan fingerprint density at radius 2 is 1.68 bits per heavy atom. The van der Waals surface area contributed by atoms with Crippen molar-refractivity contribution in [3.63, 3.8) is 0 Å². The fourth-order valence-corrected chi connectivity index (χ4v) is 5.40. The van der Waals surface area contributed by atoms with Crippen LogP contribution in [0.1, 0.15) is 51.0 Å². The van der Waals surface area contributed by atoms with Crippen molar-refractivity contribution in [2.24, 2.45) is 0 Å². The number of piperidine rings is 1. The van der Waals surface area contributed by atoms with Crippen molar-refractivity contribution in [1.29, 1.82) is 0 Å². The zero-order chi connectivity index (χ0) is 19.1. The lowest BCUT2D eigenvalue weighted by Gasteiger charge is -2.43. The molecule has 1 aliphatic carbocycles. The zero-order valence-electron chi connectivity index (χ0n) is 16.1. The fourth-order valence-electron chi connectivity index (χ4n) is 5.40. The fraction of sp³-hybridized carbons (Fsp3) is 0.478. The van der Waals surface area contributed by atoms with Crippen molar-refractivity contribution in [3.05, 3.63) is 69.3 Å². The lowest BCUT2D eigenvalue weighted by atomic mass is 9.91. The number of nitrogens with one attached hydrogen (secondary N) is 1. The molecule has 5 nitrogen and oxygen atoms in total. The highest BCUT2D eigenvalue weighted by Crippen LogP contribution is 2.39. The number of hydrogen-bond acceptors (Lipinski definition) is 3. The molecule has 0 amide bonds. The number of nitrogens with zero attached hydrogens (tertiary/aromatic N) is 2. The van der Waals surface area contributed by atoms with Crippen LogP contribution in [0.5, 0.6) is 0 Å². The molecule has 28 heavy (non-hydrogen) atoms. The van der Waals surface area contributed by atoms with Gasteiger partial charge in [-0.15, -0.1) is 0 Å². The highest BCUT2D eigenvalue weighted by atomic mass is 16.2. The number of benzene rings is 1. The molecule has 1 aromatic heterocycles. The molecule has 0 saturated carbocycles. The van der Waals surface area contributed by atoms with Crippen molar-refractivity contribution >= 4 is 11.0 Å². The van der Waals surface area contributed by atoms with Crippen LogP contribution in [0.15, 0.2) is 58.2 Å². The number of aromatic amines is 1. The van der Waals surface area contributed by atoms with E-state index in [1.165, 1.54) is 32.1 Å². The van der Waals surface area contributed by atoms with E-state index in [0.717, 1.165) is 23.9 Å². The molecule has 1 saturated heterocycles. The molecule has 1 aromatic carbocycles. The van der Waals surface area contributed by atoms with Crippen LogP contribution in [-0.2, 0) is 0 Å². The van der Waals surface area contributed by atoms with Gasteiger partial charge in [-0.25, -0.2) is 0 Å². The highest BCUT2D eigenvalue weighted by molar-refractivity contribution is 5.74. The minimum Gasteiger partial charge on any atom is -0.316 e. The van der Waals surface area contributed by atoms with Gasteiger partial charge in [0.15, 0.2) is 0 Å². The first-order valence-corrected chi connectivity index (χ1v) is 10.6. The van der Waals surface area contributed by atoms with E-state index >= 15 is 0 Å². The van der Waals surface area contributed by atoms with Gasteiger partial charge < -0.3 is 4.98 Å². The number of aromatic nitrogens is 2. The van der Waals surface area contributed by atoms with Crippen LogP contribution < -0.4 is 11.1 Å². The lowest BCUT2D eigenvalue weighted by molar-refractivity contribution is 0.0880. The van der Waals surface area contributed by atoms with Gasteiger partial charge >= 0.3 is 11.1 Å². The summed E-state index contributed by atoms with van der Waals surface area (Å²) < 4.78 is 1.76. The maximum Gasteiger partial charge on any atom is 0.316 e. The Hall–Kier alpha value is -2.40. The molecule has 1 fully saturated rings. The summed E-state index contributed by atoms with van der Waals surface area (Å²) >= 11 is 0. The second-order valence-electron chi connectivity index (χ2n) is 8.37. The molecular weight excluding hydrogens is 350 g/mol. The standard InChI is InChI=1S/C23H27N3O2/c27-22-23(28)26(21-11-7-6-10-20(21)24-22)19-14-17-12-13-18(15-19)25(17)16-8-4-2-1-3-5-9-16/h4,6-8,10-13,16-19H,1-3,5,9,14-15H2,(H,24,27)/b8-4-. The third-order valence-electron chi connectivity index (χ3n) is 6.65. The Morgan fingerprint density at radius 3 is 2.50 bits per heavy atom. The van der Waals surface area contributed by atoms with Crippen LogP contribution in [0.2, 0.25) is 0 Å². The molecule has 3 atom stereocenters. The number of H-pyrrole nitrogens is 1. The SMILES string of the molecule is O=c1[nH]c2ccccc2n(C2CC3C=CC(C2)N3C2/C=C\CCCCC2)c1=O. The summed E-state index contributed by atoms with van der Waals surface area (Å²) in [5.41, 5.74) is 0.611. The highest BCUT2D eigenvalue weighted by Gasteiger charge is 2.41. The van der Waals surface area contributed by atoms with E-state index in [9.17, 15) is 9.59 Å². The van der Waals surface area contributed by atoms with Crippen molar-refractivity contribution in [1.82, 2.24) is 14.5 Å². The molecule has 3 aliphatic rings. The molecule has 2 aromatic rings. The molecule has 3 heterocycles. The van der Waals surface area contributed by atoms with E-state index < -0.39 is 11.1 Å². The molecule has 0 spiro atoms. The summed E-state index contributed by atoms with van der Waals surface area (Å²) in [5, 5.41) is 0. The maximum absolute atomic E-state index is 12.8. The monoisotopic (exact) mass is 377 g/mol. The van der Waals surface area contributed by atoms with Crippen molar-refractivity contribution < 1.29 is 0 Å². The molecule has 5 heteroatoms. The van der Waals surface area contributed by atoms with Crippen molar-refractivity contribution in [2.45, 2.75) is 69.1 Å². The largest absolute Gasteiger partial charge is 0.316 e. The molecule has 1 N–H and O–H groups in total. The van der Waals surface area contributed by atoms with Crippen LogP contribution in [-0.4, -0.2) is 32.6 Å². The molecule has 5 rings (SSSR count). The number of allylic oxidation sites excluding steroid dienone is 1. The summed E-state index contributed by atoms with van der Waals surface area (Å²) in [6, 6.07) is 8.84. The number of para-hydroxylation sites is 2. The van der Waals surface area contributed by atoms with E-state index in [-0.39, 0.29) is 6.04 Å². The minimum absolute atomic E-state index is 0.0542. The van der Waals surface area contributed by atoms with E-state index in [4.69, 9.17) is 0 Å². The molecular formula is C23H27N3O2. The van der Waals surface area contributed by atoms with Gasteiger partial charge in [0.2, 0.25) is 0 Å². The smallest absolute Gasteiger partial charge is 0.316 e. The Bertz CT molecular complexity index is 1030. The first-order valence-electron chi connectivity index (χ1n) is 10.6. The molecule has 3 unspecified atom stereocenters. The summed E-state index contributed by atoms with van der Waals surface area (Å²) in [6.45, 7) is 0. The number of rotatable bonds is 2. The average Bonchev–Trinajstić information content (AvgIpc) is 2.92. The summed E-state index contributed by atoms with van der Waals surface area (Å²) in [5.74, 6) is 0. The van der Waals surface area contributed by atoms with Crippen molar-refractivity contribution in [3.8, 4) is 0 Å². The predicted octanol–water partition coefficient (Wildman–Crippen LogP) is 3.52. The van der Waals surface area contributed by atoms with Gasteiger partial charge in [0.05, 0.1) is 11.0 Å². The molecule has 2 bridgehead atoms. The van der Waals surface area contributed by atoms with Crippen LogP contribution in [0, 0.1) is 0 Å². The van der Waals surface area contributed by atoms with E-state index in [1.807, 2.05) is 24.3 Å². The van der Waals surface area contributed by atoms with E-state index in [0.29, 0.717) is 18.1 Å². The van der Waals surface area contributed by atoms with Gasteiger partial charge in [0.25, 0.3) is 0 Å². The van der Waals surface area contributed by atoms with Gasteiger partial charge in [0.1, 0.15) is 0 Å². The van der Waals surface area contributed by atoms with Gasteiger partial charge in [-0.3, -0.25) is 19.1 Å². The van der Waals surface area contributed by atoms with Gasteiger partial charge in [-0.05, 0) is 44.2 Å². The van der Waals surface area contributed by atoms with Crippen LogP contribution in [0.3, 0.4) is 0 Å². The summed E-state index contributed by atoms with van der Waals surface area (Å²) in [4.78, 5) is 30.4. The quantitative estimate of drug-likeness (QED) is 0.643. The minimum atomic E-state index is -0.524. The third kappa shape index (κ3) is 2.98. The normalized spacial score (nSPS) is 31.6. The van der Waals surface area contributed by atoms with Gasteiger partial charge in [0, 0.05) is 24.2 Å². The summed E-state index contributed by atoms with van der Waals surface area (Å²) in [6.07, 6.45) is 17.4. The topological polar surface area (TPSA) is 58.1 Å². The summed E-state index contributed by atoms with van der Waals surface area (Å²) in [7, 11) is 0. The molecule has 146 valence electrons. The van der Waals surface area contributed by atoms with Gasteiger partial charge in [-0.2, -0.15) is 0 Å². The van der Waals surface area contributed by atoms with E-state index in [2.05, 4.69) is 34.2 Å². The Morgan fingerprint density at radius 1 is 0.893 bits per heavy atom. The van der Waals surface area contributed by atoms with Crippen LogP contribution in [0.4, 0.5) is 0 Å². The van der Waals surface area contributed by atoms with Crippen molar-refractivity contribution in [2.75, 3.05) is 0 Å². The second kappa shape index (κ2) is 7.21. The maximum atomic E-state index is 12.8. The first-order chi connectivity index (χ1) is 13.7. The van der Waals surface area contributed by atoms with E-state index in [1.54, 1.807) is 4.57 Å². The molecule has 2 aliphatic heterocycles. The van der Waals surface area contributed by atoms with Crippen LogP contribution >= 0.6 is 0 Å². The molecule has 0 radical (unpaired) electrons. The van der Waals surface area contributed by atoms with Crippen LogP contribution in [0.25, 0.3) is 11.0 Å². The number of hydrogen-bond donors (Lipinski definition) is 1. The van der Waals surface area contributed by atoms with Gasteiger partial charge in [-0.1, -0.05) is 49.3 Å². The lowest BCUT2D eigenvalue weighted by Crippen LogP contribution is -2.51. The Kier molecular flexibility index (Phi) is 4.55. The Balaban J connectivity index is 1.48. The second-order valence-corrected chi connectivity index (χ2v) is 8.37. The average molecular weight is 377 g/mol. The third-order valence-corrected chi connectivity index (χ3v) is 6.65. The number of fused-ring (bicyclic) bond motifs is 3. The first kappa shape index (κ1) is 17.7. The Labute approximate surface area is 164 Å². The zero-order valence-corrected chi connectivity index (χ0v) is 16.1.